The third-order valence-electron chi connectivity index (χ3n) is 7.60. The number of hydrogen-bond donors (Lipinski definition) is 2. The van der Waals surface area contributed by atoms with Gasteiger partial charge in [-0.2, -0.15) is 5.10 Å². The number of piperidine rings is 1. The maximum Gasteiger partial charge on any atom is 0.264 e. The fraction of sp³-hybridized carbons (Fsp3) is 0.357. The van der Waals surface area contributed by atoms with Crippen LogP contribution >= 0.6 is 0 Å². The summed E-state index contributed by atoms with van der Waals surface area (Å²) < 4.78 is 29.1. The minimum absolute atomic E-state index is 0.0982. The molecule has 2 aromatic carbocycles. The first-order valence-electron chi connectivity index (χ1n) is 13.2. The highest BCUT2D eigenvalue weighted by Gasteiger charge is 2.39. The number of rotatable bonds is 7. The van der Waals surface area contributed by atoms with Gasteiger partial charge in [0.1, 0.15) is 11.7 Å². The number of anilines is 1. The largest absolute Gasteiger partial charge is 0.388 e. The van der Waals surface area contributed by atoms with E-state index in [1.165, 1.54) is 17.1 Å². The van der Waals surface area contributed by atoms with Gasteiger partial charge in [0, 0.05) is 24.6 Å². The molecule has 1 saturated heterocycles. The number of hydrogen-bond acceptors (Lipinski definition) is 7. The second kappa shape index (κ2) is 9.86. The summed E-state index contributed by atoms with van der Waals surface area (Å²) in [5, 5.41) is 15.9. The van der Waals surface area contributed by atoms with E-state index in [4.69, 9.17) is 0 Å². The molecule has 6 rings (SSSR count). The highest BCUT2D eigenvalue weighted by molar-refractivity contribution is 7.92. The van der Waals surface area contributed by atoms with Crippen LogP contribution in [0.1, 0.15) is 25.7 Å². The molecule has 1 saturated carbocycles. The van der Waals surface area contributed by atoms with Crippen molar-refractivity contribution >= 4 is 32.7 Å². The van der Waals surface area contributed by atoms with Crippen molar-refractivity contribution in [2.24, 2.45) is 5.92 Å². The van der Waals surface area contributed by atoms with E-state index in [9.17, 15) is 23.1 Å². The van der Waals surface area contributed by atoms with Gasteiger partial charge in [-0.05, 0) is 49.4 Å². The molecule has 208 valence electrons. The summed E-state index contributed by atoms with van der Waals surface area (Å²) in [5.41, 5.74) is 1.71. The molecule has 0 radical (unpaired) electrons. The number of carbonyl (C=O) groups excluding carboxylic acids is 1. The van der Waals surface area contributed by atoms with Gasteiger partial charge in [-0.3, -0.25) is 18.9 Å². The van der Waals surface area contributed by atoms with Crippen LogP contribution in [0.4, 0.5) is 5.69 Å². The lowest BCUT2D eigenvalue weighted by Crippen LogP contribution is -2.50. The molecule has 1 aliphatic heterocycles. The molecule has 0 spiro atoms. The van der Waals surface area contributed by atoms with Crippen molar-refractivity contribution < 1.29 is 18.3 Å². The second-order valence-electron chi connectivity index (χ2n) is 10.8. The standard InChI is InChI=1S/C28H30N6O5S/c1-40(38,39)31-24-5-3-2-4-22(24)19-8-10-21(11-9-19)34-25-23(16-30-34)27(36)33(18-29-25)17-28(37)12-14-32(15-13-28)26(35)20-6-7-20/h2-5,8-11,16,18,20,31,37H,6-7,12-15,17H2,1H3. The molecule has 0 bridgehead atoms. The van der Waals surface area contributed by atoms with Crippen molar-refractivity contribution in [2.75, 3.05) is 24.1 Å². The molecule has 2 fully saturated rings. The first kappa shape index (κ1) is 26.2. The minimum Gasteiger partial charge on any atom is -0.388 e. The molecule has 2 N–H and O–H groups in total. The van der Waals surface area contributed by atoms with Gasteiger partial charge in [0.05, 0.1) is 36.0 Å². The number of para-hydroxylation sites is 1. The van der Waals surface area contributed by atoms with Crippen LogP contribution in [0.2, 0.25) is 0 Å². The summed E-state index contributed by atoms with van der Waals surface area (Å²) in [7, 11) is -3.44. The van der Waals surface area contributed by atoms with Crippen LogP contribution in [-0.4, -0.2) is 68.6 Å². The Kier molecular flexibility index (Phi) is 6.46. The number of aliphatic hydroxyl groups is 1. The molecule has 12 heteroatoms. The van der Waals surface area contributed by atoms with Crippen molar-refractivity contribution in [3.05, 3.63) is 71.4 Å². The Bertz CT molecular complexity index is 1750. The van der Waals surface area contributed by atoms with Crippen molar-refractivity contribution in [1.82, 2.24) is 24.2 Å². The summed E-state index contributed by atoms with van der Waals surface area (Å²) in [6.45, 7) is 1.07. The van der Waals surface area contributed by atoms with E-state index < -0.39 is 15.6 Å². The van der Waals surface area contributed by atoms with Gasteiger partial charge in [0.15, 0.2) is 5.65 Å². The van der Waals surface area contributed by atoms with E-state index in [0.29, 0.717) is 48.3 Å². The van der Waals surface area contributed by atoms with Crippen LogP contribution in [0.15, 0.2) is 65.8 Å². The second-order valence-corrected chi connectivity index (χ2v) is 12.5. The maximum absolute atomic E-state index is 13.3. The average Bonchev–Trinajstić information content (AvgIpc) is 3.69. The normalized spacial score (nSPS) is 17.2. The first-order chi connectivity index (χ1) is 19.1. The Morgan fingerprint density at radius 3 is 2.48 bits per heavy atom. The first-order valence-corrected chi connectivity index (χ1v) is 15.1. The Balaban J connectivity index is 1.21. The van der Waals surface area contributed by atoms with Crippen LogP contribution in [0.3, 0.4) is 0 Å². The Hall–Kier alpha value is -4.03. The third kappa shape index (κ3) is 5.24. The average molecular weight is 563 g/mol. The van der Waals surface area contributed by atoms with Crippen molar-refractivity contribution in [3.63, 3.8) is 0 Å². The third-order valence-corrected chi connectivity index (χ3v) is 8.19. The van der Waals surface area contributed by atoms with E-state index in [2.05, 4.69) is 14.8 Å². The molecule has 40 heavy (non-hydrogen) atoms. The highest BCUT2D eigenvalue weighted by Crippen LogP contribution is 2.33. The number of fused-ring (bicyclic) bond motifs is 1. The molecule has 11 nitrogen and oxygen atoms in total. The number of amides is 1. The number of sulfonamides is 1. The summed E-state index contributed by atoms with van der Waals surface area (Å²) >= 11 is 0. The van der Waals surface area contributed by atoms with E-state index in [1.54, 1.807) is 16.8 Å². The molecular formula is C28H30N6O5S. The fourth-order valence-corrected chi connectivity index (χ4v) is 5.84. The highest BCUT2D eigenvalue weighted by atomic mass is 32.2. The zero-order valence-corrected chi connectivity index (χ0v) is 22.8. The van der Waals surface area contributed by atoms with Gasteiger partial charge >= 0.3 is 0 Å². The number of benzene rings is 2. The molecule has 0 unspecified atom stereocenters. The smallest absolute Gasteiger partial charge is 0.264 e. The molecule has 4 aromatic rings. The van der Waals surface area contributed by atoms with E-state index in [1.807, 2.05) is 41.3 Å². The molecule has 1 amide bonds. The van der Waals surface area contributed by atoms with Crippen LogP contribution in [0, 0.1) is 5.92 Å². The lowest BCUT2D eigenvalue weighted by atomic mass is 9.91. The number of carbonyl (C=O) groups is 1. The molecule has 2 aromatic heterocycles. The van der Waals surface area contributed by atoms with Crippen molar-refractivity contribution in [3.8, 4) is 16.8 Å². The van der Waals surface area contributed by atoms with Crippen LogP contribution in [0.25, 0.3) is 27.8 Å². The summed E-state index contributed by atoms with van der Waals surface area (Å²) in [6.07, 6.45) is 6.74. The van der Waals surface area contributed by atoms with Crippen molar-refractivity contribution in [2.45, 2.75) is 37.8 Å². The molecule has 2 aliphatic rings. The molecular weight excluding hydrogens is 532 g/mol. The number of nitrogens with one attached hydrogen (secondary N) is 1. The summed E-state index contributed by atoms with van der Waals surface area (Å²) in [5.74, 6) is 0.332. The van der Waals surface area contributed by atoms with Gasteiger partial charge in [-0.25, -0.2) is 18.1 Å². The number of likely N-dealkylation sites (tertiary alicyclic amines) is 1. The van der Waals surface area contributed by atoms with Gasteiger partial charge < -0.3 is 10.0 Å². The predicted molar refractivity (Wildman–Crippen MR) is 151 cm³/mol. The van der Waals surface area contributed by atoms with Gasteiger partial charge in [-0.15, -0.1) is 0 Å². The molecule has 1 aliphatic carbocycles. The molecule has 3 heterocycles. The lowest BCUT2D eigenvalue weighted by Gasteiger charge is -2.38. The van der Waals surface area contributed by atoms with Gasteiger partial charge in [-0.1, -0.05) is 30.3 Å². The van der Waals surface area contributed by atoms with Gasteiger partial charge in [0.25, 0.3) is 5.56 Å². The topological polar surface area (TPSA) is 139 Å². The van der Waals surface area contributed by atoms with E-state index in [0.717, 1.165) is 30.2 Å². The quantitative estimate of drug-likeness (QED) is 0.353. The number of nitrogens with zero attached hydrogens (tertiary/aromatic N) is 5. The predicted octanol–water partition coefficient (Wildman–Crippen LogP) is 2.38. The maximum atomic E-state index is 13.3. The minimum atomic E-state index is -3.44. The van der Waals surface area contributed by atoms with Gasteiger partial charge in [0.2, 0.25) is 15.9 Å². The monoisotopic (exact) mass is 562 g/mol. The summed E-state index contributed by atoms with van der Waals surface area (Å²) in [6, 6.07) is 14.5. The zero-order valence-electron chi connectivity index (χ0n) is 22.0. The Morgan fingerprint density at radius 1 is 1.10 bits per heavy atom. The number of aromatic nitrogens is 4. The lowest BCUT2D eigenvalue weighted by molar-refractivity contribution is -0.137. The van der Waals surface area contributed by atoms with Crippen LogP contribution in [0.5, 0.6) is 0 Å². The van der Waals surface area contributed by atoms with Crippen LogP contribution < -0.4 is 10.3 Å². The van der Waals surface area contributed by atoms with E-state index in [-0.39, 0.29) is 23.9 Å². The molecule has 0 atom stereocenters. The fourth-order valence-electron chi connectivity index (χ4n) is 5.26. The Labute approximate surface area is 231 Å². The van der Waals surface area contributed by atoms with E-state index >= 15 is 0 Å². The summed E-state index contributed by atoms with van der Waals surface area (Å²) in [4.78, 5) is 32.0. The SMILES string of the molecule is CS(=O)(=O)Nc1ccccc1-c1ccc(-n2ncc3c(=O)n(CC4(O)CCN(C(=O)C5CC5)CC4)cnc32)cc1. The van der Waals surface area contributed by atoms with Crippen LogP contribution in [-0.2, 0) is 21.4 Å². The zero-order chi connectivity index (χ0) is 28.1. The Morgan fingerprint density at radius 2 is 1.80 bits per heavy atom. The van der Waals surface area contributed by atoms with Crippen molar-refractivity contribution in [1.29, 1.82) is 0 Å².